The molecule has 0 bridgehead atoms. The summed E-state index contributed by atoms with van der Waals surface area (Å²) in [6.07, 6.45) is 1.47. The number of hydrogen-bond donors (Lipinski definition) is 1. The lowest BCUT2D eigenvalue weighted by molar-refractivity contribution is -0.123. The van der Waals surface area contributed by atoms with E-state index in [9.17, 15) is 9.59 Å². The van der Waals surface area contributed by atoms with Gasteiger partial charge in [0.2, 0.25) is 0 Å². The highest BCUT2D eigenvalue weighted by molar-refractivity contribution is 6.32. The van der Waals surface area contributed by atoms with Gasteiger partial charge in [0.05, 0.1) is 16.8 Å². The zero-order chi connectivity index (χ0) is 20.5. The lowest BCUT2D eigenvalue weighted by Gasteiger charge is -2.06. The van der Waals surface area contributed by atoms with E-state index in [0.29, 0.717) is 22.1 Å². The van der Waals surface area contributed by atoms with Gasteiger partial charge in [0.15, 0.2) is 6.61 Å². The van der Waals surface area contributed by atoms with Crippen LogP contribution in [-0.4, -0.2) is 24.7 Å². The first-order valence-electron chi connectivity index (χ1n) is 8.68. The molecule has 0 spiro atoms. The highest BCUT2D eigenvalue weighted by atomic mass is 35.5. The number of rotatable bonds is 7. The molecule has 0 saturated carbocycles. The summed E-state index contributed by atoms with van der Waals surface area (Å²) in [6, 6.07) is 22.3. The van der Waals surface area contributed by atoms with Crippen molar-refractivity contribution < 1.29 is 19.1 Å². The molecule has 7 heteroatoms. The molecule has 3 aromatic carbocycles. The molecule has 0 fully saturated rings. The van der Waals surface area contributed by atoms with Crippen molar-refractivity contribution in [3.05, 3.63) is 95.0 Å². The Bertz CT molecular complexity index is 1000. The fourth-order valence-corrected chi connectivity index (χ4v) is 2.47. The number of amides is 1. The number of esters is 1. The Morgan fingerprint density at radius 3 is 2.34 bits per heavy atom. The molecule has 0 aliphatic carbocycles. The molecule has 3 aromatic rings. The standard InChI is InChI=1S/C22H17ClN2O4/c23-19-8-4-5-9-20(19)28-15-21(26)25-24-14-16-10-12-18(13-11-16)29-22(27)17-6-2-1-3-7-17/h1-14H,15H2,(H,25,26)/b24-14-. The van der Waals surface area contributed by atoms with Crippen LogP contribution in [0.5, 0.6) is 11.5 Å². The van der Waals surface area contributed by atoms with Gasteiger partial charge in [-0.1, -0.05) is 41.9 Å². The van der Waals surface area contributed by atoms with Crippen molar-refractivity contribution in [2.45, 2.75) is 0 Å². The van der Waals surface area contributed by atoms with Crippen molar-refractivity contribution in [2.24, 2.45) is 5.10 Å². The number of carbonyl (C=O) groups is 2. The van der Waals surface area contributed by atoms with E-state index in [2.05, 4.69) is 10.5 Å². The molecule has 0 aromatic heterocycles. The maximum absolute atomic E-state index is 12.0. The highest BCUT2D eigenvalue weighted by Gasteiger charge is 2.07. The van der Waals surface area contributed by atoms with E-state index in [0.717, 1.165) is 5.56 Å². The Morgan fingerprint density at radius 2 is 1.62 bits per heavy atom. The van der Waals surface area contributed by atoms with Crippen molar-refractivity contribution in [1.82, 2.24) is 5.43 Å². The second-order valence-corrected chi connectivity index (χ2v) is 6.24. The first-order valence-corrected chi connectivity index (χ1v) is 9.06. The monoisotopic (exact) mass is 408 g/mol. The first kappa shape index (κ1) is 20.1. The molecule has 146 valence electrons. The van der Waals surface area contributed by atoms with Gasteiger partial charge in [-0.15, -0.1) is 0 Å². The number of hydrogen-bond acceptors (Lipinski definition) is 5. The molecule has 0 aliphatic rings. The van der Waals surface area contributed by atoms with Gasteiger partial charge in [-0.25, -0.2) is 10.2 Å². The molecule has 6 nitrogen and oxygen atoms in total. The minimum atomic E-state index is -0.433. The quantitative estimate of drug-likeness (QED) is 0.276. The van der Waals surface area contributed by atoms with Crippen molar-refractivity contribution in [3.8, 4) is 11.5 Å². The van der Waals surface area contributed by atoms with Crippen LogP contribution in [0.25, 0.3) is 0 Å². The zero-order valence-corrected chi connectivity index (χ0v) is 16.0. The Balaban J connectivity index is 1.46. The van der Waals surface area contributed by atoms with Gasteiger partial charge in [0.25, 0.3) is 5.91 Å². The Kier molecular flexibility index (Phi) is 6.97. The van der Waals surface area contributed by atoms with Crippen molar-refractivity contribution in [2.75, 3.05) is 6.61 Å². The molecule has 3 rings (SSSR count). The Labute approximate surface area is 172 Å². The molecule has 29 heavy (non-hydrogen) atoms. The number of nitrogens with one attached hydrogen (secondary N) is 1. The van der Waals surface area contributed by atoms with E-state index >= 15 is 0 Å². The van der Waals surface area contributed by atoms with Crippen LogP contribution >= 0.6 is 11.6 Å². The Hall–Kier alpha value is -3.64. The summed E-state index contributed by atoms with van der Waals surface area (Å²) in [5.41, 5.74) is 3.56. The topological polar surface area (TPSA) is 77.0 Å². The van der Waals surface area contributed by atoms with E-state index in [-0.39, 0.29) is 6.61 Å². The summed E-state index contributed by atoms with van der Waals surface area (Å²) in [6.45, 7) is -0.213. The number of carbonyl (C=O) groups excluding carboxylic acids is 2. The molecule has 0 saturated heterocycles. The van der Waals surface area contributed by atoms with Gasteiger partial charge in [-0.3, -0.25) is 4.79 Å². The minimum Gasteiger partial charge on any atom is -0.482 e. The van der Waals surface area contributed by atoms with Crippen LogP contribution in [0, 0.1) is 0 Å². The van der Waals surface area contributed by atoms with E-state index in [1.807, 2.05) is 6.07 Å². The molecule has 0 atom stereocenters. The third kappa shape index (κ3) is 6.19. The van der Waals surface area contributed by atoms with Gasteiger partial charge in [-0.05, 0) is 54.1 Å². The van der Waals surface area contributed by atoms with E-state index in [1.54, 1.807) is 72.8 Å². The predicted octanol–water partition coefficient (Wildman–Crippen LogP) is 4.09. The SMILES string of the molecule is O=C(COc1ccccc1Cl)N/N=C\c1ccc(OC(=O)c2ccccc2)cc1. The molecule has 1 amide bonds. The van der Waals surface area contributed by atoms with Crippen molar-refractivity contribution in [1.29, 1.82) is 0 Å². The zero-order valence-electron chi connectivity index (χ0n) is 15.2. The van der Waals surface area contributed by atoms with E-state index < -0.39 is 11.9 Å². The van der Waals surface area contributed by atoms with Gasteiger partial charge in [0.1, 0.15) is 11.5 Å². The van der Waals surface area contributed by atoms with Crippen LogP contribution in [0.4, 0.5) is 0 Å². The summed E-state index contributed by atoms with van der Waals surface area (Å²) in [5.74, 6) is -0.0190. The third-order valence-electron chi connectivity index (χ3n) is 3.70. The summed E-state index contributed by atoms with van der Waals surface area (Å²) in [7, 11) is 0. The van der Waals surface area contributed by atoms with Gasteiger partial charge < -0.3 is 9.47 Å². The van der Waals surface area contributed by atoms with Crippen LogP contribution < -0.4 is 14.9 Å². The van der Waals surface area contributed by atoms with Crippen LogP contribution in [0.2, 0.25) is 5.02 Å². The molecular weight excluding hydrogens is 392 g/mol. The normalized spacial score (nSPS) is 10.5. The molecular formula is C22H17ClN2O4. The minimum absolute atomic E-state index is 0.213. The lowest BCUT2D eigenvalue weighted by atomic mass is 10.2. The Morgan fingerprint density at radius 1 is 0.931 bits per heavy atom. The second-order valence-electron chi connectivity index (χ2n) is 5.84. The fourth-order valence-electron chi connectivity index (χ4n) is 2.28. The smallest absolute Gasteiger partial charge is 0.343 e. The molecule has 1 N–H and O–H groups in total. The maximum atomic E-state index is 12.0. The van der Waals surface area contributed by atoms with E-state index in [4.69, 9.17) is 21.1 Å². The lowest BCUT2D eigenvalue weighted by Crippen LogP contribution is -2.24. The summed E-state index contributed by atoms with van der Waals surface area (Å²) in [5, 5.41) is 4.30. The first-order chi connectivity index (χ1) is 14.1. The fraction of sp³-hybridized carbons (Fsp3) is 0.0455. The summed E-state index contributed by atoms with van der Waals surface area (Å²) >= 11 is 5.95. The number of para-hydroxylation sites is 1. The molecule has 0 heterocycles. The molecule has 0 unspecified atom stereocenters. The maximum Gasteiger partial charge on any atom is 0.343 e. The molecule has 0 radical (unpaired) electrons. The van der Waals surface area contributed by atoms with Gasteiger partial charge in [0, 0.05) is 0 Å². The largest absolute Gasteiger partial charge is 0.482 e. The van der Waals surface area contributed by atoms with Crippen molar-refractivity contribution in [3.63, 3.8) is 0 Å². The predicted molar refractivity (Wildman–Crippen MR) is 111 cm³/mol. The van der Waals surface area contributed by atoms with Crippen LogP contribution in [-0.2, 0) is 4.79 Å². The van der Waals surface area contributed by atoms with Crippen LogP contribution in [0.1, 0.15) is 15.9 Å². The van der Waals surface area contributed by atoms with Gasteiger partial charge in [-0.2, -0.15) is 5.10 Å². The summed E-state index contributed by atoms with van der Waals surface area (Å²) in [4.78, 5) is 23.8. The van der Waals surface area contributed by atoms with Crippen LogP contribution in [0.15, 0.2) is 84.0 Å². The average Bonchev–Trinajstić information content (AvgIpc) is 2.75. The number of benzene rings is 3. The van der Waals surface area contributed by atoms with E-state index in [1.165, 1.54) is 6.21 Å². The third-order valence-corrected chi connectivity index (χ3v) is 4.01. The number of hydrazone groups is 1. The summed E-state index contributed by atoms with van der Waals surface area (Å²) < 4.78 is 10.6. The van der Waals surface area contributed by atoms with Crippen LogP contribution in [0.3, 0.4) is 0 Å². The number of nitrogens with zero attached hydrogens (tertiary/aromatic N) is 1. The highest BCUT2D eigenvalue weighted by Crippen LogP contribution is 2.22. The molecule has 0 aliphatic heterocycles. The van der Waals surface area contributed by atoms with Gasteiger partial charge >= 0.3 is 5.97 Å². The van der Waals surface area contributed by atoms with Crippen molar-refractivity contribution >= 4 is 29.7 Å². The number of ether oxygens (including phenoxy) is 2. The average molecular weight is 409 g/mol. The number of halogens is 1. The second kappa shape index (κ2) is 10.1.